The van der Waals surface area contributed by atoms with E-state index in [1.54, 1.807) is 38.2 Å². The van der Waals surface area contributed by atoms with Crippen LogP contribution >= 0.6 is 11.5 Å². The van der Waals surface area contributed by atoms with Crippen molar-refractivity contribution in [2.45, 2.75) is 26.9 Å². The molecule has 8 heteroatoms. The van der Waals surface area contributed by atoms with E-state index in [0.29, 0.717) is 27.5 Å². The first kappa shape index (κ1) is 18.6. The van der Waals surface area contributed by atoms with Gasteiger partial charge in [-0.25, -0.2) is 4.79 Å². The number of Topliss-reactive ketones (excluding diaryl/α,β-unsaturated/α-hetero) is 1. The molecule has 25 heavy (non-hydrogen) atoms. The van der Waals surface area contributed by atoms with Crippen molar-refractivity contribution < 1.29 is 19.1 Å². The molecule has 2 N–H and O–H groups in total. The largest absolute Gasteiger partial charge is 0.451 e. The quantitative estimate of drug-likeness (QED) is 0.606. The molecule has 2 rings (SSSR count). The molecule has 1 atom stereocenters. The van der Waals surface area contributed by atoms with Crippen molar-refractivity contribution in [3.05, 3.63) is 41.1 Å². The molecule has 0 saturated carbocycles. The van der Waals surface area contributed by atoms with Crippen LogP contribution in [0.5, 0.6) is 0 Å². The molecular weight excluding hydrogens is 342 g/mol. The lowest BCUT2D eigenvalue weighted by Crippen LogP contribution is -2.25. The molecule has 132 valence electrons. The number of hydrogen-bond acceptors (Lipinski definition) is 7. The molecule has 2 aromatic rings. The van der Waals surface area contributed by atoms with Gasteiger partial charge in [-0.05, 0) is 49.6 Å². The van der Waals surface area contributed by atoms with E-state index in [4.69, 9.17) is 4.74 Å². The molecule has 0 radical (unpaired) electrons. The Balaban J connectivity index is 2.08. The molecule has 0 aliphatic rings. The summed E-state index contributed by atoms with van der Waals surface area (Å²) in [6.45, 7) is 4.64. The highest BCUT2D eigenvalue weighted by atomic mass is 32.1. The second-order valence-electron chi connectivity index (χ2n) is 5.39. The summed E-state index contributed by atoms with van der Waals surface area (Å²) in [6.07, 6.45) is -0.942. The zero-order valence-corrected chi connectivity index (χ0v) is 15.2. The lowest BCUT2D eigenvalue weighted by molar-refractivity contribution is -0.114. The Labute approximate surface area is 149 Å². The van der Waals surface area contributed by atoms with Crippen LogP contribution in [-0.4, -0.2) is 35.2 Å². The summed E-state index contributed by atoms with van der Waals surface area (Å²) in [5.41, 5.74) is 1.88. The molecule has 1 aromatic carbocycles. The highest BCUT2D eigenvalue weighted by Crippen LogP contribution is 2.25. The van der Waals surface area contributed by atoms with Crippen LogP contribution in [-0.2, 0) is 9.53 Å². The average Bonchev–Trinajstić information content (AvgIpc) is 2.95. The number of hydrogen-bond donors (Lipinski definition) is 2. The molecule has 0 spiro atoms. The second-order valence-corrected chi connectivity index (χ2v) is 6.17. The third kappa shape index (κ3) is 4.42. The molecule has 7 nitrogen and oxygen atoms in total. The fraction of sp³-hybridized carbons (Fsp3) is 0.294. The molecule has 1 unspecified atom stereocenters. The smallest absolute Gasteiger partial charge is 0.343 e. The van der Waals surface area contributed by atoms with Gasteiger partial charge in [0.25, 0.3) is 0 Å². The highest BCUT2D eigenvalue weighted by molar-refractivity contribution is 7.10. The van der Waals surface area contributed by atoms with Crippen molar-refractivity contribution in [3.63, 3.8) is 0 Å². The molecular formula is C17H19N3O4S. The van der Waals surface area contributed by atoms with Crippen molar-refractivity contribution >= 4 is 39.9 Å². The number of ether oxygens (including phenoxy) is 1. The minimum absolute atomic E-state index is 0.193. The Hall–Kier alpha value is -2.74. The average molecular weight is 361 g/mol. The zero-order valence-electron chi connectivity index (χ0n) is 14.4. The van der Waals surface area contributed by atoms with Crippen molar-refractivity contribution in [2.75, 3.05) is 17.7 Å². The number of nitrogens with one attached hydrogen (secondary N) is 2. The fourth-order valence-corrected chi connectivity index (χ4v) is 2.94. The summed E-state index contributed by atoms with van der Waals surface area (Å²) >= 11 is 1.16. The summed E-state index contributed by atoms with van der Waals surface area (Å²) in [5.74, 6) is -1.11. The van der Waals surface area contributed by atoms with E-state index >= 15 is 0 Å². The Morgan fingerprint density at radius 1 is 1.20 bits per heavy atom. The Bertz CT molecular complexity index is 799. The monoisotopic (exact) mass is 361 g/mol. The predicted molar refractivity (Wildman–Crippen MR) is 96.4 cm³/mol. The van der Waals surface area contributed by atoms with Crippen LogP contribution in [0.2, 0.25) is 0 Å². The van der Waals surface area contributed by atoms with Crippen molar-refractivity contribution in [2.24, 2.45) is 0 Å². The Morgan fingerprint density at radius 3 is 2.40 bits per heavy atom. The van der Waals surface area contributed by atoms with Crippen LogP contribution < -0.4 is 10.6 Å². The summed E-state index contributed by atoms with van der Waals surface area (Å²) < 4.78 is 9.41. The van der Waals surface area contributed by atoms with E-state index in [-0.39, 0.29) is 11.7 Å². The maximum absolute atomic E-state index is 12.4. The topological polar surface area (TPSA) is 97.4 Å². The lowest BCUT2D eigenvalue weighted by atomic mass is 10.1. The summed E-state index contributed by atoms with van der Waals surface area (Å²) in [6, 6.07) is 6.40. The van der Waals surface area contributed by atoms with E-state index in [2.05, 4.69) is 15.0 Å². The molecule has 1 aromatic heterocycles. The number of ketones is 1. The number of rotatable bonds is 6. The highest BCUT2D eigenvalue weighted by Gasteiger charge is 2.25. The van der Waals surface area contributed by atoms with Crippen LogP contribution in [0.3, 0.4) is 0 Å². The summed E-state index contributed by atoms with van der Waals surface area (Å²) in [7, 11) is 1.69. The number of aryl methyl sites for hydroxylation is 1. The Kier molecular flexibility index (Phi) is 5.87. The van der Waals surface area contributed by atoms with E-state index in [1.165, 1.54) is 13.8 Å². The third-order valence-corrected chi connectivity index (χ3v) is 4.39. The zero-order chi connectivity index (χ0) is 18.6. The molecule has 0 saturated heterocycles. The standard InChI is InChI=1S/C17H19N3O4S/c1-9-14(16(18-4)25-20-9)17(23)24-10(2)15(22)12-5-7-13(8-6-12)19-11(3)21/h5-8,10,18H,1-4H3,(H,19,21). The van der Waals surface area contributed by atoms with Crippen LogP contribution in [0.1, 0.15) is 40.3 Å². The number of benzene rings is 1. The molecule has 0 aliphatic carbocycles. The van der Waals surface area contributed by atoms with Gasteiger partial charge in [0, 0.05) is 25.2 Å². The van der Waals surface area contributed by atoms with Gasteiger partial charge < -0.3 is 15.4 Å². The van der Waals surface area contributed by atoms with Crippen molar-refractivity contribution in [3.8, 4) is 0 Å². The molecule has 1 heterocycles. The van der Waals surface area contributed by atoms with Gasteiger partial charge in [-0.15, -0.1) is 0 Å². The summed E-state index contributed by atoms with van der Waals surface area (Å²) in [4.78, 5) is 35.8. The van der Waals surface area contributed by atoms with Gasteiger partial charge in [-0.1, -0.05) is 0 Å². The first-order valence-electron chi connectivity index (χ1n) is 7.60. The number of nitrogens with zero attached hydrogens (tertiary/aromatic N) is 1. The number of aromatic nitrogens is 1. The van der Waals surface area contributed by atoms with Gasteiger partial charge in [0.2, 0.25) is 11.7 Å². The van der Waals surface area contributed by atoms with Crippen molar-refractivity contribution in [1.29, 1.82) is 0 Å². The van der Waals surface area contributed by atoms with E-state index in [9.17, 15) is 14.4 Å². The predicted octanol–water partition coefficient (Wildman–Crippen LogP) is 2.88. The number of esters is 1. The first-order valence-corrected chi connectivity index (χ1v) is 8.37. The van der Waals surface area contributed by atoms with Gasteiger partial charge in [-0.2, -0.15) is 4.37 Å². The van der Waals surface area contributed by atoms with E-state index < -0.39 is 12.1 Å². The van der Waals surface area contributed by atoms with Gasteiger partial charge in [-0.3, -0.25) is 9.59 Å². The number of amides is 1. The number of carbonyl (C=O) groups excluding carboxylic acids is 3. The maximum atomic E-state index is 12.4. The van der Waals surface area contributed by atoms with Gasteiger partial charge in [0.1, 0.15) is 10.6 Å². The minimum atomic E-state index is -0.942. The molecule has 0 bridgehead atoms. The van der Waals surface area contributed by atoms with Crippen molar-refractivity contribution in [1.82, 2.24) is 4.37 Å². The summed E-state index contributed by atoms with van der Waals surface area (Å²) in [5, 5.41) is 6.11. The van der Waals surface area contributed by atoms with E-state index in [0.717, 1.165) is 11.5 Å². The fourth-order valence-electron chi connectivity index (χ4n) is 2.21. The van der Waals surface area contributed by atoms with Crippen LogP contribution in [0, 0.1) is 6.92 Å². The molecule has 1 amide bonds. The van der Waals surface area contributed by atoms with Gasteiger partial charge >= 0.3 is 5.97 Å². The minimum Gasteiger partial charge on any atom is -0.451 e. The normalized spacial score (nSPS) is 11.5. The molecule has 0 aliphatic heterocycles. The SMILES string of the molecule is CNc1snc(C)c1C(=O)OC(C)C(=O)c1ccc(NC(C)=O)cc1. The maximum Gasteiger partial charge on any atom is 0.343 e. The molecule has 0 fully saturated rings. The number of carbonyl (C=O) groups is 3. The van der Waals surface area contributed by atoms with Crippen LogP contribution in [0.15, 0.2) is 24.3 Å². The lowest BCUT2D eigenvalue weighted by Gasteiger charge is -2.13. The van der Waals surface area contributed by atoms with Crippen LogP contribution in [0.4, 0.5) is 10.7 Å². The number of anilines is 2. The Morgan fingerprint density at radius 2 is 1.84 bits per heavy atom. The third-order valence-electron chi connectivity index (χ3n) is 3.44. The first-order chi connectivity index (χ1) is 11.8. The van der Waals surface area contributed by atoms with Gasteiger partial charge in [0.15, 0.2) is 6.10 Å². The van der Waals surface area contributed by atoms with E-state index in [1.807, 2.05) is 0 Å². The van der Waals surface area contributed by atoms with Crippen LogP contribution in [0.25, 0.3) is 0 Å². The van der Waals surface area contributed by atoms with Gasteiger partial charge in [0.05, 0.1) is 5.69 Å². The second kappa shape index (κ2) is 7.89.